The standard InChI is InChI=1S/C22H22ClF3N2O5S/c1-3-10-27-20(29)14-33-21(30)15-8-9-18(23)19(12-15)34(31,32)28(11-4-2)17-7-5-6-16(13-17)22(24,25)26/h4-9,12-13H,2-3,10-11,14H2,1H3,(H,27,29). The highest BCUT2D eigenvalue weighted by Gasteiger charge is 2.33. The Labute approximate surface area is 200 Å². The number of halogens is 4. The van der Waals surface area contributed by atoms with E-state index in [9.17, 15) is 31.2 Å². The Bertz CT molecular complexity index is 1170. The number of sulfonamides is 1. The summed E-state index contributed by atoms with van der Waals surface area (Å²) < 4.78 is 71.8. The normalized spacial score (nSPS) is 11.6. The van der Waals surface area contributed by atoms with E-state index in [1.165, 1.54) is 18.2 Å². The van der Waals surface area contributed by atoms with Crippen molar-refractivity contribution in [1.29, 1.82) is 0 Å². The van der Waals surface area contributed by atoms with Crippen LogP contribution in [0.15, 0.2) is 60.0 Å². The average Bonchev–Trinajstić information content (AvgIpc) is 2.79. The molecule has 0 spiro atoms. The van der Waals surface area contributed by atoms with Gasteiger partial charge >= 0.3 is 12.1 Å². The minimum atomic E-state index is -4.69. The lowest BCUT2D eigenvalue weighted by molar-refractivity contribution is -0.137. The largest absolute Gasteiger partial charge is 0.452 e. The monoisotopic (exact) mass is 518 g/mol. The van der Waals surface area contributed by atoms with E-state index in [0.29, 0.717) is 23.3 Å². The molecule has 0 radical (unpaired) electrons. The summed E-state index contributed by atoms with van der Waals surface area (Å²) in [4.78, 5) is 23.4. The summed E-state index contributed by atoms with van der Waals surface area (Å²) in [5.41, 5.74) is -1.53. The van der Waals surface area contributed by atoms with Crippen LogP contribution in [0, 0.1) is 0 Å². The van der Waals surface area contributed by atoms with E-state index in [0.717, 1.165) is 24.3 Å². The molecule has 1 N–H and O–H groups in total. The maximum Gasteiger partial charge on any atom is 0.416 e. The number of nitrogens with zero attached hydrogens (tertiary/aromatic N) is 1. The fourth-order valence-electron chi connectivity index (χ4n) is 2.77. The molecule has 0 unspecified atom stereocenters. The molecule has 0 atom stereocenters. The summed E-state index contributed by atoms with van der Waals surface area (Å²) in [7, 11) is -4.53. The third-order valence-corrected chi connectivity index (χ3v) is 6.67. The fraction of sp³-hybridized carbons (Fsp3) is 0.273. The molecule has 184 valence electrons. The van der Waals surface area contributed by atoms with Gasteiger partial charge in [0.15, 0.2) is 6.61 Å². The number of nitrogens with one attached hydrogen (secondary N) is 1. The van der Waals surface area contributed by atoms with Crippen molar-refractivity contribution < 1.29 is 35.9 Å². The van der Waals surface area contributed by atoms with Crippen LogP contribution in [0.3, 0.4) is 0 Å². The van der Waals surface area contributed by atoms with E-state index in [2.05, 4.69) is 11.9 Å². The van der Waals surface area contributed by atoms with Gasteiger partial charge < -0.3 is 10.1 Å². The minimum Gasteiger partial charge on any atom is -0.452 e. The number of carbonyl (C=O) groups excluding carboxylic acids is 2. The quantitative estimate of drug-likeness (QED) is 0.371. The number of alkyl halides is 3. The highest BCUT2D eigenvalue weighted by atomic mass is 35.5. The molecule has 0 aromatic heterocycles. The molecule has 0 saturated heterocycles. The van der Waals surface area contributed by atoms with Crippen molar-refractivity contribution in [3.63, 3.8) is 0 Å². The summed E-state index contributed by atoms with van der Waals surface area (Å²) in [6.45, 7) is 4.76. The number of hydrogen-bond donors (Lipinski definition) is 1. The lowest BCUT2D eigenvalue weighted by Crippen LogP contribution is -2.32. The second-order valence-electron chi connectivity index (χ2n) is 6.94. The number of rotatable bonds is 10. The van der Waals surface area contributed by atoms with Crippen molar-refractivity contribution in [3.8, 4) is 0 Å². The fourth-order valence-corrected chi connectivity index (χ4v) is 4.70. The first-order chi connectivity index (χ1) is 15.9. The van der Waals surface area contributed by atoms with E-state index in [1.54, 1.807) is 0 Å². The SMILES string of the molecule is C=CCN(c1cccc(C(F)(F)F)c1)S(=O)(=O)c1cc(C(=O)OCC(=O)NCCC)ccc1Cl. The zero-order chi connectivity index (χ0) is 25.5. The van der Waals surface area contributed by atoms with Gasteiger partial charge in [-0.3, -0.25) is 9.10 Å². The molecule has 12 heteroatoms. The Morgan fingerprint density at radius 1 is 1.21 bits per heavy atom. The third-order valence-electron chi connectivity index (χ3n) is 4.40. The van der Waals surface area contributed by atoms with Gasteiger partial charge in [-0.15, -0.1) is 6.58 Å². The molecule has 0 bridgehead atoms. The van der Waals surface area contributed by atoms with Gasteiger partial charge in [0, 0.05) is 6.54 Å². The predicted molar refractivity (Wildman–Crippen MR) is 121 cm³/mol. The number of carbonyl (C=O) groups is 2. The van der Waals surface area contributed by atoms with Crippen molar-refractivity contribution in [2.75, 3.05) is 24.0 Å². The van der Waals surface area contributed by atoms with Crippen LogP contribution in [0.4, 0.5) is 18.9 Å². The van der Waals surface area contributed by atoms with Crippen LogP contribution < -0.4 is 9.62 Å². The molecule has 7 nitrogen and oxygen atoms in total. The summed E-state index contributed by atoms with van der Waals surface area (Å²) in [5, 5.41) is 2.25. The van der Waals surface area contributed by atoms with Crippen LogP contribution in [0.2, 0.25) is 5.02 Å². The van der Waals surface area contributed by atoms with Crippen LogP contribution >= 0.6 is 11.6 Å². The second kappa shape index (κ2) is 11.4. The molecule has 0 fully saturated rings. The zero-order valence-corrected chi connectivity index (χ0v) is 19.6. The van der Waals surface area contributed by atoms with Crippen molar-refractivity contribution >= 4 is 39.2 Å². The number of hydrogen-bond acceptors (Lipinski definition) is 5. The van der Waals surface area contributed by atoms with Crippen LogP contribution in [0.25, 0.3) is 0 Å². The molecule has 1 amide bonds. The smallest absolute Gasteiger partial charge is 0.416 e. The molecular formula is C22H22ClF3N2O5S. The van der Waals surface area contributed by atoms with Crippen molar-refractivity contribution in [1.82, 2.24) is 5.32 Å². The van der Waals surface area contributed by atoms with Crippen LogP contribution in [-0.2, 0) is 25.7 Å². The van der Waals surface area contributed by atoms with E-state index >= 15 is 0 Å². The molecule has 0 aliphatic rings. The van der Waals surface area contributed by atoms with Gasteiger partial charge in [-0.1, -0.05) is 30.7 Å². The van der Waals surface area contributed by atoms with E-state index < -0.39 is 45.1 Å². The van der Waals surface area contributed by atoms with Gasteiger partial charge in [0.05, 0.1) is 28.4 Å². The number of esters is 1. The minimum absolute atomic E-state index is 0.214. The summed E-state index contributed by atoms with van der Waals surface area (Å²) in [5.74, 6) is -1.51. The number of benzene rings is 2. The first-order valence-electron chi connectivity index (χ1n) is 9.96. The van der Waals surface area contributed by atoms with Gasteiger partial charge in [-0.2, -0.15) is 13.2 Å². The van der Waals surface area contributed by atoms with Crippen LogP contribution in [0.1, 0.15) is 29.3 Å². The molecule has 2 aromatic carbocycles. The van der Waals surface area contributed by atoms with E-state index in [1.807, 2.05) is 6.92 Å². The van der Waals surface area contributed by atoms with Crippen molar-refractivity contribution in [2.24, 2.45) is 0 Å². The topological polar surface area (TPSA) is 92.8 Å². The lowest BCUT2D eigenvalue weighted by atomic mass is 10.2. The molecule has 34 heavy (non-hydrogen) atoms. The Balaban J connectivity index is 2.41. The number of anilines is 1. The maximum atomic E-state index is 13.4. The van der Waals surface area contributed by atoms with Gasteiger partial charge in [-0.25, -0.2) is 13.2 Å². The summed E-state index contributed by atoms with van der Waals surface area (Å²) in [6, 6.07) is 7.04. The van der Waals surface area contributed by atoms with Crippen LogP contribution in [-0.4, -0.2) is 40.0 Å². The van der Waals surface area contributed by atoms with Crippen molar-refractivity contribution in [3.05, 3.63) is 71.3 Å². The Kier molecular flexibility index (Phi) is 9.11. The Morgan fingerprint density at radius 3 is 2.53 bits per heavy atom. The summed E-state index contributed by atoms with van der Waals surface area (Å²) >= 11 is 6.08. The maximum absolute atomic E-state index is 13.4. The molecule has 2 aromatic rings. The first-order valence-corrected chi connectivity index (χ1v) is 11.8. The summed E-state index contributed by atoms with van der Waals surface area (Å²) in [6.07, 6.45) is -2.81. The molecule has 2 rings (SSSR count). The Hall–Kier alpha value is -3.05. The molecular weight excluding hydrogens is 497 g/mol. The zero-order valence-electron chi connectivity index (χ0n) is 18.1. The molecule has 0 saturated carbocycles. The average molecular weight is 519 g/mol. The highest BCUT2D eigenvalue weighted by molar-refractivity contribution is 7.93. The van der Waals surface area contributed by atoms with Crippen LogP contribution in [0.5, 0.6) is 0 Å². The van der Waals surface area contributed by atoms with Gasteiger partial charge in [0.25, 0.3) is 15.9 Å². The third kappa shape index (κ3) is 6.73. The number of ether oxygens (including phenoxy) is 1. The number of amides is 1. The molecule has 0 aliphatic heterocycles. The van der Waals surface area contributed by atoms with E-state index in [4.69, 9.17) is 16.3 Å². The Morgan fingerprint density at radius 2 is 1.91 bits per heavy atom. The highest BCUT2D eigenvalue weighted by Crippen LogP contribution is 2.34. The second-order valence-corrected chi connectivity index (χ2v) is 9.18. The molecule has 0 aliphatic carbocycles. The van der Waals surface area contributed by atoms with Gasteiger partial charge in [-0.05, 0) is 42.8 Å². The molecule has 0 heterocycles. The van der Waals surface area contributed by atoms with Gasteiger partial charge in [0.2, 0.25) is 0 Å². The van der Waals surface area contributed by atoms with E-state index in [-0.39, 0.29) is 22.8 Å². The van der Waals surface area contributed by atoms with Crippen molar-refractivity contribution in [2.45, 2.75) is 24.4 Å². The lowest BCUT2D eigenvalue weighted by Gasteiger charge is -2.24. The predicted octanol–water partition coefficient (Wildman–Crippen LogP) is 4.42. The first kappa shape index (κ1) is 27.2. The van der Waals surface area contributed by atoms with Gasteiger partial charge in [0.1, 0.15) is 4.90 Å².